The van der Waals surface area contributed by atoms with E-state index in [1.807, 2.05) is 0 Å². The first-order valence-corrected chi connectivity index (χ1v) is 11.6. The smallest absolute Gasteiger partial charge is 0.459 e. The number of imidazole rings is 1. The molecule has 0 aliphatic rings. The molecule has 0 bridgehead atoms. The average Bonchev–Trinajstić information content (AvgIpc) is 3.11. The maximum atomic E-state index is 13.6. The number of nitrogen functional groups attached to an aromatic ring is 1. The minimum atomic E-state index is -3.98. The van der Waals surface area contributed by atoms with Crippen molar-refractivity contribution in [3.63, 3.8) is 0 Å². The number of anilines is 1. The molecule has 0 spiro atoms. The lowest BCUT2D eigenvalue weighted by atomic mass is 10.3. The van der Waals surface area contributed by atoms with Gasteiger partial charge in [0.15, 0.2) is 11.5 Å². The van der Waals surface area contributed by atoms with Gasteiger partial charge in [0.05, 0.1) is 25.1 Å². The number of ether oxygens (including phenoxy) is 1. The molecule has 0 fully saturated rings. The zero-order chi connectivity index (χ0) is 23.3. The third-order valence-electron chi connectivity index (χ3n) is 4.23. The van der Waals surface area contributed by atoms with Crippen molar-refractivity contribution < 1.29 is 23.1 Å². The third-order valence-corrected chi connectivity index (χ3v) is 6.02. The summed E-state index contributed by atoms with van der Waals surface area (Å²) in [6.45, 7) is 6.96. The molecule has 2 aromatic heterocycles. The molecule has 0 unspecified atom stereocenters. The van der Waals surface area contributed by atoms with Crippen LogP contribution in [0.1, 0.15) is 27.7 Å². The molecular weight excluding hydrogens is 435 g/mol. The highest BCUT2D eigenvalue weighted by atomic mass is 31.2. The van der Waals surface area contributed by atoms with Gasteiger partial charge in [0, 0.05) is 0 Å². The van der Waals surface area contributed by atoms with E-state index >= 15 is 0 Å². The van der Waals surface area contributed by atoms with Crippen molar-refractivity contribution in [3.8, 4) is 5.75 Å². The number of nitrogens with one attached hydrogen (secondary N) is 1. The zero-order valence-electron chi connectivity index (χ0n) is 18.3. The van der Waals surface area contributed by atoms with Gasteiger partial charge in [0.25, 0.3) is 0 Å². The van der Waals surface area contributed by atoms with Crippen LogP contribution in [0.5, 0.6) is 5.75 Å². The number of carbonyl (C=O) groups is 1. The van der Waals surface area contributed by atoms with Crippen molar-refractivity contribution in [2.75, 3.05) is 5.73 Å². The SMILES string of the molecule is CC(C)OC(=O)[C@H](C)N[P@@](=O)(Oc1ccccc1)O[C@H](C)Cn1cnc2c(N)ncnc21. The lowest BCUT2D eigenvalue weighted by Crippen LogP contribution is -2.37. The molecular formula is C20H27N6O5P. The van der Waals surface area contributed by atoms with E-state index in [1.165, 1.54) is 13.3 Å². The summed E-state index contributed by atoms with van der Waals surface area (Å²) in [4.78, 5) is 24.6. The van der Waals surface area contributed by atoms with Gasteiger partial charge < -0.3 is 19.6 Å². The molecule has 2 heterocycles. The highest BCUT2D eigenvalue weighted by Gasteiger charge is 2.34. The molecule has 3 rings (SSSR count). The molecule has 172 valence electrons. The lowest BCUT2D eigenvalue weighted by Gasteiger charge is -2.26. The minimum absolute atomic E-state index is 0.252. The molecule has 12 heteroatoms. The zero-order valence-corrected chi connectivity index (χ0v) is 19.2. The molecule has 0 aliphatic heterocycles. The van der Waals surface area contributed by atoms with Gasteiger partial charge in [0.2, 0.25) is 0 Å². The molecule has 11 nitrogen and oxygen atoms in total. The van der Waals surface area contributed by atoms with Gasteiger partial charge in [-0.05, 0) is 39.8 Å². The number of esters is 1. The van der Waals surface area contributed by atoms with Crippen molar-refractivity contribution in [2.45, 2.75) is 52.5 Å². The van der Waals surface area contributed by atoms with Gasteiger partial charge in [-0.2, -0.15) is 5.09 Å². The molecule has 0 radical (unpaired) electrons. The van der Waals surface area contributed by atoms with Gasteiger partial charge in [-0.1, -0.05) is 18.2 Å². The Hall–Kier alpha value is -3.01. The first-order valence-electron chi connectivity index (χ1n) is 10.1. The van der Waals surface area contributed by atoms with Gasteiger partial charge in [0.1, 0.15) is 23.6 Å². The molecule has 3 atom stereocenters. The number of carbonyl (C=O) groups excluding carboxylic acids is 1. The van der Waals surface area contributed by atoms with E-state index in [0.717, 1.165) is 0 Å². The second-order valence-electron chi connectivity index (χ2n) is 7.48. The highest BCUT2D eigenvalue weighted by Crippen LogP contribution is 2.46. The number of rotatable bonds is 10. The van der Waals surface area contributed by atoms with Crippen molar-refractivity contribution in [1.82, 2.24) is 24.6 Å². The Kier molecular flexibility index (Phi) is 7.44. The van der Waals surface area contributed by atoms with Crippen LogP contribution in [-0.2, 0) is 25.2 Å². The van der Waals surface area contributed by atoms with Crippen LogP contribution < -0.4 is 15.3 Å². The van der Waals surface area contributed by atoms with Gasteiger partial charge >= 0.3 is 13.7 Å². The Labute approximate surface area is 185 Å². The number of para-hydroxylation sites is 1. The molecule has 0 amide bonds. The number of nitrogens with two attached hydrogens (primary N) is 1. The van der Waals surface area contributed by atoms with Crippen molar-refractivity contribution in [2.24, 2.45) is 0 Å². The summed E-state index contributed by atoms with van der Waals surface area (Å²) in [5.74, 6) is 0.0223. The molecule has 0 saturated carbocycles. The number of aromatic nitrogens is 4. The van der Waals surface area contributed by atoms with Crippen molar-refractivity contribution >= 4 is 30.7 Å². The fourth-order valence-electron chi connectivity index (χ4n) is 2.90. The Morgan fingerprint density at radius 3 is 2.56 bits per heavy atom. The van der Waals surface area contributed by atoms with Crippen LogP contribution in [0, 0.1) is 0 Å². The van der Waals surface area contributed by atoms with Crippen molar-refractivity contribution in [1.29, 1.82) is 0 Å². The average molecular weight is 462 g/mol. The van der Waals surface area contributed by atoms with E-state index < -0.39 is 25.9 Å². The predicted molar refractivity (Wildman–Crippen MR) is 119 cm³/mol. The maximum absolute atomic E-state index is 13.6. The summed E-state index contributed by atoms with van der Waals surface area (Å²) >= 11 is 0. The Balaban J connectivity index is 1.78. The topological polar surface area (TPSA) is 143 Å². The first kappa shape index (κ1) is 23.6. The number of nitrogens with zero attached hydrogens (tertiary/aromatic N) is 4. The van der Waals surface area contributed by atoms with E-state index in [4.69, 9.17) is 19.5 Å². The van der Waals surface area contributed by atoms with E-state index in [-0.39, 0.29) is 18.5 Å². The molecule has 32 heavy (non-hydrogen) atoms. The molecule has 0 aliphatic carbocycles. The third kappa shape index (κ3) is 6.03. The van der Waals surface area contributed by atoms with E-state index in [2.05, 4.69) is 20.0 Å². The quantitative estimate of drug-likeness (QED) is 0.341. The second kappa shape index (κ2) is 10.1. The van der Waals surface area contributed by atoms with Crippen LogP contribution in [0.25, 0.3) is 11.2 Å². The largest absolute Gasteiger partial charge is 0.462 e. The van der Waals surface area contributed by atoms with Gasteiger partial charge in [-0.3, -0.25) is 9.32 Å². The fraction of sp³-hybridized carbons (Fsp3) is 0.400. The molecule has 1 aromatic carbocycles. The summed E-state index contributed by atoms with van der Waals surface area (Å²) in [7, 11) is -3.98. The number of hydrogen-bond donors (Lipinski definition) is 2. The number of hydrogen-bond acceptors (Lipinski definition) is 9. The van der Waals surface area contributed by atoms with Gasteiger partial charge in [-0.15, -0.1) is 0 Å². The van der Waals surface area contributed by atoms with Crippen molar-refractivity contribution in [3.05, 3.63) is 43.0 Å². The van der Waals surface area contributed by atoms with Gasteiger partial charge in [-0.25, -0.2) is 19.5 Å². The van der Waals surface area contributed by atoms with Crippen LogP contribution in [0.4, 0.5) is 5.82 Å². The lowest BCUT2D eigenvalue weighted by molar-refractivity contribution is -0.149. The summed E-state index contributed by atoms with van der Waals surface area (Å²) in [6.07, 6.45) is 1.96. The molecule has 3 aromatic rings. The Bertz CT molecular complexity index is 1110. The molecule has 3 N–H and O–H groups in total. The summed E-state index contributed by atoms with van der Waals surface area (Å²) in [6, 6.07) is 7.63. The van der Waals surface area contributed by atoms with Crippen LogP contribution in [0.2, 0.25) is 0 Å². The van der Waals surface area contributed by atoms with E-state index in [9.17, 15) is 9.36 Å². The summed E-state index contributed by atoms with van der Waals surface area (Å²) in [5.41, 5.74) is 6.82. The standard InChI is InChI=1S/C20H27N6O5P/c1-13(2)29-20(27)15(4)25-32(28,31-16-8-6-5-7-9-16)30-14(3)10-26-12-24-17-18(21)22-11-23-19(17)26/h5-9,11-15H,10H2,1-4H3,(H,25,28)(H2,21,22,23)/t14-,15+,32+/m1/s1. The minimum Gasteiger partial charge on any atom is -0.462 e. The summed E-state index contributed by atoms with van der Waals surface area (Å²) in [5, 5.41) is 2.67. The maximum Gasteiger partial charge on any atom is 0.459 e. The predicted octanol–water partition coefficient (Wildman–Crippen LogP) is 2.93. The van der Waals surface area contributed by atoms with E-state index in [1.54, 1.807) is 62.0 Å². The Morgan fingerprint density at radius 1 is 1.16 bits per heavy atom. The van der Waals surface area contributed by atoms with Crippen LogP contribution in [0.3, 0.4) is 0 Å². The molecule has 0 saturated heterocycles. The Morgan fingerprint density at radius 2 is 1.88 bits per heavy atom. The second-order valence-corrected chi connectivity index (χ2v) is 9.13. The van der Waals surface area contributed by atoms with Crippen LogP contribution >= 0.6 is 7.75 Å². The number of benzene rings is 1. The van der Waals surface area contributed by atoms with E-state index in [0.29, 0.717) is 16.9 Å². The van der Waals surface area contributed by atoms with Crippen LogP contribution in [-0.4, -0.2) is 43.7 Å². The summed E-state index contributed by atoms with van der Waals surface area (Å²) < 4.78 is 32.0. The normalized spacial score (nSPS) is 15.3. The van der Waals surface area contributed by atoms with Crippen LogP contribution in [0.15, 0.2) is 43.0 Å². The fourth-order valence-corrected chi connectivity index (χ4v) is 4.58. The highest BCUT2D eigenvalue weighted by molar-refractivity contribution is 7.52. The monoisotopic (exact) mass is 462 g/mol. The first-order chi connectivity index (χ1) is 15.2. The number of fused-ring (bicyclic) bond motifs is 1.